The molecule has 0 atom stereocenters. The Morgan fingerprint density at radius 1 is 1.13 bits per heavy atom. The van der Waals surface area contributed by atoms with Crippen molar-refractivity contribution in [2.75, 3.05) is 0 Å². The minimum atomic E-state index is 0.872. The number of rotatable bonds is 2. The molecule has 2 nitrogen and oxygen atoms in total. The number of halogens is 1. The predicted molar refractivity (Wildman–Crippen MR) is 70.7 cm³/mol. The van der Waals surface area contributed by atoms with Crippen molar-refractivity contribution in [2.24, 2.45) is 4.99 Å². The van der Waals surface area contributed by atoms with E-state index in [-0.39, 0.29) is 0 Å². The van der Waals surface area contributed by atoms with Gasteiger partial charge in [0.2, 0.25) is 0 Å². The van der Waals surface area contributed by atoms with Crippen molar-refractivity contribution in [3.05, 3.63) is 57.9 Å². The van der Waals surface area contributed by atoms with Crippen molar-refractivity contribution in [2.45, 2.75) is 0 Å². The van der Waals surface area contributed by atoms with Gasteiger partial charge in [-0.3, -0.25) is 9.98 Å². The Bertz CT molecular complexity index is 466. The van der Waals surface area contributed by atoms with Crippen molar-refractivity contribution in [3.8, 4) is 0 Å². The summed E-state index contributed by atoms with van der Waals surface area (Å²) in [4.78, 5) is 8.35. The number of aromatic nitrogens is 1. The number of pyridine rings is 1. The third kappa shape index (κ3) is 2.86. The van der Waals surface area contributed by atoms with Crippen LogP contribution in [0.4, 0.5) is 5.69 Å². The van der Waals surface area contributed by atoms with E-state index in [9.17, 15) is 0 Å². The SMILES string of the molecule is Ic1ccccc1C=Nc1cccnc1. The molecule has 0 aliphatic heterocycles. The number of hydrogen-bond donors (Lipinski definition) is 0. The first kappa shape index (κ1) is 10.3. The molecule has 0 fully saturated rings. The largest absolute Gasteiger partial charge is 0.262 e. The van der Waals surface area contributed by atoms with Gasteiger partial charge < -0.3 is 0 Å². The van der Waals surface area contributed by atoms with Crippen LogP contribution in [0.25, 0.3) is 0 Å². The molecule has 0 radical (unpaired) electrons. The van der Waals surface area contributed by atoms with E-state index in [0.29, 0.717) is 0 Å². The summed E-state index contributed by atoms with van der Waals surface area (Å²) in [5.74, 6) is 0. The minimum absolute atomic E-state index is 0.872. The van der Waals surface area contributed by atoms with Gasteiger partial charge in [0.1, 0.15) is 0 Å². The highest BCUT2D eigenvalue weighted by Crippen LogP contribution is 2.12. The van der Waals surface area contributed by atoms with Crippen molar-refractivity contribution in [1.82, 2.24) is 4.98 Å². The van der Waals surface area contributed by atoms with E-state index in [4.69, 9.17) is 0 Å². The lowest BCUT2D eigenvalue weighted by Crippen LogP contribution is -1.84. The fourth-order valence-electron chi connectivity index (χ4n) is 1.15. The lowest BCUT2D eigenvalue weighted by atomic mass is 10.2. The Morgan fingerprint density at radius 3 is 2.73 bits per heavy atom. The van der Waals surface area contributed by atoms with Crippen LogP contribution in [0, 0.1) is 3.57 Å². The van der Waals surface area contributed by atoms with Crippen molar-refractivity contribution in [3.63, 3.8) is 0 Å². The summed E-state index contributed by atoms with van der Waals surface area (Å²) < 4.78 is 1.20. The van der Waals surface area contributed by atoms with E-state index < -0.39 is 0 Å². The fraction of sp³-hybridized carbons (Fsp3) is 0. The third-order valence-corrected chi connectivity index (χ3v) is 2.89. The molecule has 0 amide bonds. The molecule has 0 saturated heterocycles. The van der Waals surface area contributed by atoms with Crippen LogP contribution < -0.4 is 0 Å². The molecule has 0 spiro atoms. The smallest absolute Gasteiger partial charge is 0.0813 e. The van der Waals surface area contributed by atoms with Crippen LogP contribution in [0.3, 0.4) is 0 Å². The average Bonchev–Trinajstić information content (AvgIpc) is 2.29. The molecule has 2 rings (SSSR count). The van der Waals surface area contributed by atoms with Gasteiger partial charge in [-0.2, -0.15) is 0 Å². The number of hydrogen-bond acceptors (Lipinski definition) is 2. The van der Waals surface area contributed by atoms with Gasteiger partial charge in [0.15, 0.2) is 0 Å². The van der Waals surface area contributed by atoms with E-state index in [2.05, 4.69) is 38.6 Å². The lowest BCUT2D eigenvalue weighted by molar-refractivity contribution is 1.31. The van der Waals surface area contributed by atoms with E-state index >= 15 is 0 Å². The highest BCUT2D eigenvalue weighted by Gasteiger charge is 1.93. The molecule has 0 unspecified atom stereocenters. The summed E-state index contributed by atoms with van der Waals surface area (Å²) in [5.41, 5.74) is 2.00. The maximum absolute atomic E-state index is 4.35. The molecule has 1 aromatic carbocycles. The quantitative estimate of drug-likeness (QED) is 0.616. The van der Waals surface area contributed by atoms with E-state index in [1.165, 1.54) is 3.57 Å². The van der Waals surface area contributed by atoms with Crippen molar-refractivity contribution in [1.29, 1.82) is 0 Å². The predicted octanol–water partition coefficient (Wildman–Crippen LogP) is 3.44. The topological polar surface area (TPSA) is 25.2 Å². The zero-order chi connectivity index (χ0) is 10.5. The van der Waals surface area contributed by atoms with Gasteiger partial charge in [0, 0.05) is 21.5 Å². The molecule has 1 heterocycles. The second kappa shape index (κ2) is 5.02. The van der Waals surface area contributed by atoms with Crippen LogP contribution >= 0.6 is 22.6 Å². The van der Waals surface area contributed by atoms with Gasteiger partial charge in [-0.1, -0.05) is 18.2 Å². The van der Waals surface area contributed by atoms with E-state index in [0.717, 1.165) is 11.3 Å². The summed E-state index contributed by atoms with van der Waals surface area (Å²) in [6, 6.07) is 11.9. The standard InChI is InChI=1S/C12H9IN2/c13-12-6-2-1-4-10(12)8-15-11-5-3-7-14-9-11/h1-9H. The average molecular weight is 308 g/mol. The molecule has 2 aromatic rings. The first-order valence-corrected chi connectivity index (χ1v) is 5.63. The number of benzene rings is 1. The Kier molecular flexibility index (Phi) is 3.45. The Hall–Kier alpha value is -1.23. The van der Waals surface area contributed by atoms with Gasteiger partial charge in [-0.05, 0) is 40.8 Å². The summed E-state index contributed by atoms with van der Waals surface area (Å²) in [6.07, 6.45) is 5.34. The lowest BCUT2D eigenvalue weighted by Gasteiger charge is -1.96. The van der Waals surface area contributed by atoms with Crippen LogP contribution in [0.15, 0.2) is 53.8 Å². The van der Waals surface area contributed by atoms with Crippen LogP contribution in [0.2, 0.25) is 0 Å². The molecule has 0 bridgehead atoms. The Balaban J connectivity index is 2.23. The third-order valence-electron chi connectivity index (χ3n) is 1.90. The summed E-state index contributed by atoms with van der Waals surface area (Å²) in [7, 11) is 0. The van der Waals surface area contributed by atoms with Crippen molar-refractivity contribution < 1.29 is 0 Å². The van der Waals surface area contributed by atoms with Gasteiger partial charge >= 0.3 is 0 Å². The number of nitrogens with zero attached hydrogens (tertiary/aromatic N) is 2. The van der Waals surface area contributed by atoms with Gasteiger partial charge in [0.25, 0.3) is 0 Å². The molecule has 74 valence electrons. The zero-order valence-corrected chi connectivity index (χ0v) is 10.1. The van der Waals surface area contributed by atoms with Crippen molar-refractivity contribution >= 4 is 34.5 Å². The Labute approximate surface area is 102 Å². The van der Waals surface area contributed by atoms with Crippen LogP contribution in [0.5, 0.6) is 0 Å². The molecular formula is C12H9IN2. The summed E-state index contributed by atoms with van der Waals surface area (Å²) >= 11 is 2.30. The second-order valence-corrected chi connectivity index (χ2v) is 4.15. The maximum Gasteiger partial charge on any atom is 0.0813 e. The summed E-state index contributed by atoms with van der Waals surface area (Å²) in [6.45, 7) is 0. The first-order valence-electron chi connectivity index (χ1n) is 4.55. The van der Waals surface area contributed by atoms with E-state index in [1.54, 1.807) is 12.4 Å². The molecule has 0 aliphatic carbocycles. The second-order valence-electron chi connectivity index (χ2n) is 2.99. The highest BCUT2D eigenvalue weighted by molar-refractivity contribution is 14.1. The molecule has 0 saturated carbocycles. The first-order chi connectivity index (χ1) is 7.36. The maximum atomic E-state index is 4.35. The van der Waals surface area contributed by atoms with E-state index in [1.807, 2.05) is 36.5 Å². The zero-order valence-electron chi connectivity index (χ0n) is 7.97. The van der Waals surface area contributed by atoms with Crippen LogP contribution in [0.1, 0.15) is 5.56 Å². The normalized spacial score (nSPS) is 10.7. The van der Waals surface area contributed by atoms with Crippen LogP contribution in [-0.4, -0.2) is 11.2 Å². The minimum Gasteiger partial charge on any atom is -0.262 e. The molecule has 1 aromatic heterocycles. The fourth-order valence-corrected chi connectivity index (χ4v) is 1.68. The van der Waals surface area contributed by atoms with Gasteiger partial charge in [-0.15, -0.1) is 0 Å². The highest BCUT2D eigenvalue weighted by atomic mass is 127. The molecular weight excluding hydrogens is 299 g/mol. The summed E-state index contributed by atoms with van der Waals surface area (Å²) in [5, 5.41) is 0. The van der Waals surface area contributed by atoms with Crippen LogP contribution in [-0.2, 0) is 0 Å². The van der Waals surface area contributed by atoms with Gasteiger partial charge in [-0.25, -0.2) is 0 Å². The molecule has 3 heteroatoms. The monoisotopic (exact) mass is 308 g/mol. The molecule has 15 heavy (non-hydrogen) atoms. The Morgan fingerprint density at radius 2 is 2.00 bits per heavy atom. The molecule has 0 aliphatic rings. The van der Waals surface area contributed by atoms with Gasteiger partial charge in [0.05, 0.1) is 11.9 Å². The molecule has 0 N–H and O–H groups in total. The number of aliphatic imine (C=N–C) groups is 1.